The average Bonchev–Trinajstić information content (AvgIpc) is 2.55. The van der Waals surface area contributed by atoms with Crippen LogP contribution in [0, 0.1) is 6.92 Å². The van der Waals surface area contributed by atoms with E-state index in [9.17, 15) is 0 Å². The Morgan fingerprint density at radius 1 is 0.955 bits per heavy atom. The lowest BCUT2D eigenvalue weighted by Crippen LogP contribution is -2.15. The molecule has 1 aromatic heterocycles. The first-order valence-electron chi connectivity index (χ1n) is 7.42. The van der Waals surface area contributed by atoms with E-state index in [1.165, 1.54) is 10.8 Å². The number of nitrogens with zero attached hydrogens (tertiary/aromatic N) is 1. The SMILES string of the molecule is Cc1ccnc(NCCNc2cccc3ccccc23)c1N. The first-order chi connectivity index (χ1) is 10.8. The average molecular weight is 292 g/mol. The van der Waals surface area contributed by atoms with Crippen LogP contribution in [-0.4, -0.2) is 18.1 Å². The van der Waals surface area contributed by atoms with Crippen molar-refractivity contribution in [1.29, 1.82) is 0 Å². The molecule has 4 N–H and O–H groups in total. The highest BCUT2D eigenvalue weighted by Crippen LogP contribution is 2.23. The summed E-state index contributed by atoms with van der Waals surface area (Å²) < 4.78 is 0. The maximum absolute atomic E-state index is 6.00. The van der Waals surface area contributed by atoms with Gasteiger partial charge in [-0.05, 0) is 30.0 Å². The minimum Gasteiger partial charge on any atom is -0.396 e. The number of nitrogen functional groups attached to an aromatic ring is 1. The molecule has 2 aromatic carbocycles. The molecule has 0 saturated heterocycles. The van der Waals surface area contributed by atoms with E-state index in [1.54, 1.807) is 6.20 Å². The Morgan fingerprint density at radius 2 is 1.73 bits per heavy atom. The van der Waals surface area contributed by atoms with Crippen molar-refractivity contribution < 1.29 is 0 Å². The number of benzene rings is 2. The molecule has 0 aliphatic carbocycles. The molecule has 0 amide bonds. The summed E-state index contributed by atoms with van der Waals surface area (Å²) in [4.78, 5) is 4.27. The molecule has 1 heterocycles. The molecule has 0 bridgehead atoms. The summed E-state index contributed by atoms with van der Waals surface area (Å²) in [6.07, 6.45) is 1.77. The highest BCUT2D eigenvalue weighted by atomic mass is 15.0. The van der Waals surface area contributed by atoms with Crippen LogP contribution in [0.15, 0.2) is 54.7 Å². The number of aryl methyl sites for hydroxylation is 1. The van der Waals surface area contributed by atoms with Gasteiger partial charge in [0.15, 0.2) is 0 Å². The van der Waals surface area contributed by atoms with Gasteiger partial charge in [0.1, 0.15) is 5.82 Å². The normalized spacial score (nSPS) is 10.6. The highest BCUT2D eigenvalue weighted by Gasteiger charge is 2.02. The van der Waals surface area contributed by atoms with Crippen molar-refractivity contribution in [2.24, 2.45) is 0 Å². The maximum atomic E-state index is 6.00. The molecule has 0 aliphatic heterocycles. The van der Waals surface area contributed by atoms with Gasteiger partial charge in [-0.25, -0.2) is 4.98 Å². The molecule has 4 nitrogen and oxygen atoms in total. The summed E-state index contributed by atoms with van der Waals surface area (Å²) in [7, 11) is 0. The summed E-state index contributed by atoms with van der Waals surface area (Å²) >= 11 is 0. The second-order valence-corrected chi connectivity index (χ2v) is 5.27. The van der Waals surface area contributed by atoms with E-state index in [2.05, 4.69) is 58.1 Å². The molecule has 3 rings (SSSR count). The van der Waals surface area contributed by atoms with Crippen molar-refractivity contribution in [3.8, 4) is 0 Å². The van der Waals surface area contributed by atoms with Crippen LogP contribution in [0.2, 0.25) is 0 Å². The van der Waals surface area contributed by atoms with Gasteiger partial charge in [0.25, 0.3) is 0 Å². The van der Waals surface area contributed by atoms with Crippen molar-refractivity contribution in [2.45, 2.75) is 6.92 Å². The lowest BCUT2D eigenvalue weighted by atomic mass is 10.1. The second-order valence-electron chi connectivity index (χ2n) is 5.27. The van der Waals surface area contributed by atoms with Crippen molar-refractivity contribution in [1.82, 2.24) is 4.98 Å². The number of fused-ring (bicyclic) bond motifs is 1. The van der Waals surface area contributed by atoms with E-state index >= 15 is 0 Å². The number of rotatable bonds is 5. The van der Waals surface area contributed by atoms with E-state index < -0.39 is 0 Å². The molecule has 0 aliphatic rings. The fourth-order valence-electron chi connectivity index (χ4n) is 2.47. The Bertz CT molecular complexity index is 778. The fraction of sp³-hybridized carbons (Fsp3) is 0.167. The van der Waals surface area contributed by atoms with Crippen molar-refractivity contribution in [3.63, 3.8) is 0 Å². The first kappa shape index (κ1) is 14.2. The van der Waals surface area contributed by atoms with Gasteiger partial charge in [-0.1, -0.05) is 36.4 Å². The summed E-state index contributed by atoms with van der Waals surface area (Å²) in [5.41, 5.74) is 8.91. The van der Waals surface area contributed by atoms with Crippen LogP contribution in [0.4, 0.5) is 17.2 Å². The van der Waals surface area contributed by atoms with E-state index in [-0.39, 0.29) is 0 Å². The lowest BCUT2D eigenvalue weighted by molar-refractivity contribution is 1.06. The molecular weight excluding hydrogens is 272 g/mol. The van der Waals surface area contributed by atoms with Crippen LogP contribution >= 0.6 is 0 Å². The number of hydrogen-bond acceptors (Lipinski definition) is 4. The van der Waals surface area contributed by atoms with E-state index in [1.807, 2.05) is 13.0 Å². The molecule has 22 heavy (non-hydrogen) atoms. The zero-order valence-electron chi connectivity index (χ0n) is 12.6. The zero-order valence-corrected chi connectivity index (χ0v) is 12.6. The van der Waals surface area contributed by atoms with E-state index in [0.717, 1.165) is 30.2 Å². The summed E-state index contributed by atoms with van der Waals surface area (Å²) in [5.74, 6) is 0.750. The van der Waals surface area contributed by atoms with Crippen molar-refractivity contribution >= 4 is 28.0 Å². The predicted molar refractivity (Wildman–Crippen MR) is 94.3 cm³/mol. The van der Waals surface area contributed by atoms with E-state index in [4.69, 9.17) is 5.73 Å². The summed E-state index contributed by atoms with van der Waals surface area (Å²) in [6, 6.07) is 16.6. The standard InChI is InChI=1S/C18H20N4/c1-13-9-10-21-18(17(13)19)22-12-11-20-16-8-4-6-14-5-2-3-7-15(14)16/h2-10,20H,11-12,19H2,1H3,(H,21,22). The fourth-order valence-corrected chi connectivity index (χ4v) is 2.47. The molecule has 0 unspecified atom stereocenters. The van der Waals surface area contributed by atoms with Gasteiger partial charge in [-0.3, -0.25) is 0 Å². The summed E-state index contributed by atoms with van der Waals surface area (Å²) in [6.45, 7) is 3.53. The highest BCUT2D eigenvalue weighted by molar-refractivity contribution is 5.93. The molecule has 0 atom stereocenters. The number of anilines is 3. The van der Waals surface area contributed by atoms with Gasteiger partial charge in [-0.2, -0.15) is 0 Å². The van der Waals surface area contributed by atoms with Gasteiger partial charge >= 0.3 is 0 Å². The third-order valence-electron chi connectivity index (χ3n) is 3.73. The third kappa shape index (κ3) is 2.96. The van der Waals surface area contributed by atoms with Crippen molar-refractivity contribution in [3.05, 3.63) is 60.3 Å². The Balaban J connectivity index is 1.62. The molecule has 4 heteroatoms. The van der Waals surface area contributed by atoms with Crippen LogP contribution in [0.1, 0.15) is 5.56 Å². The molecule has 3 aromatic rings. The monoisotopic (exact) mass is 292 g/mol. The van der Waals surface area contributed by atoms with Crippen LogP contribution in [0.3, 0.4) is 0 Å². The molecular formula is C18H20N4. The largest absolute Gasteiger partial charge is 0.396 e. The number of hydrogen-bond donors (Lipinski definition) is 3. The number of nitrogens with two attached hydrogens (primary N) is 1. The Kier molecular flexibility index (Phi) is 4.10. The number of aromatic nitrogens is 1. The van der Waals surface area contributed by atoms with Crippen LogP contribution < -0.4 is 16.4 Å². The lowest BCUT2D eigenvalue weighted by Gasteiger charge is -2.12. The number of nitrogens with one attached hydrogen (secondary N) is 2. The molecule has 0 fully saturated rings. The van der Waals surface area contributed by atoms with Crippen molar-refractivity contribution in [2.75, 3.05) is 29.5 Å². The molecule has 0 saturated carbocycles. The Morgan fingerprint density at radius 3 is 2.64 bits per heavy atom. The van der Waals surface area contributed by atoms with Gasteiger partial charge < -0.3 is 16.4 Å². The second kappa shape index (κ2) is 6.35. The summed E-state index contributed by atoms with van der Waals surface area (Å²) in [5, 5.41) is 9.21. The zero-order chi connectivity index (χ0) is 15.4. The minimum atomic E-state index is 0.715. The Labute approximate surface area is 130 Å². The smallest absolute Gasteiger partial charge is 0.149 e. The predicted octanol–water partition coefficient (Wildman–Crippen LogP) is 3.65. The van der Waals surface area contributed by atoms with Crippen LogP contribution in [0.25, 0.3) is 10.8 Å². The maximum Gasteiger partial charge on any atom is 0.149 e. The van der Waals surface area contributed by atoms with Gasteiger partial charge in [0.2, 0.25) is 0 Å². The van der Waals surface area contributed by atoms with Gasteiger partial charge in [0.05, 0.1) is 5.69 Å². The molecule has 0 spiro atoms. The molecule has 0 radical (unpaired) electrons. The Hall–Kier alpha value is -2.75. The van der Waals surface area contributed by atoms with E-state index in [0.29, 0.717) is 5.69 Å². The van der Waals surface area contributed by atoms with Crippen LogP contribution in [-0.2, 0) is 0 Å². The topological polar surface area (TPSA) is 63.0 Å². The first-order valence-corrected chi connectivity index (χ1v) is 7.42. The quantitative estimate of drug-likeness (QED) is 0.628. The van der Waals surface area contributed by atoms with Crippen LogP contribution in [0.5, 0.6) is 0 Å². The van der Waals surface area contributed by atoms with Gasteiger partial charge in [-0.15, -0.1) is 0 Å². The van der Waals surface area contributed by atoms with Gasteiger partial charge in [0, 0.05) is 30.4 Å². The number of pyridine rings is 1. The molecule has 112 valence electrons. The third-order valence-corrected chi connectivity index (χ3v) is 3.73. The minimum absolute atomic E-state index is 0.715.